The van der Waals surface area contributed by atoms with E-state index >= 15 is 0 Å². The second kappa shape index (κ2) is 7.36. The van der Waals surface area contributed by atoms with Gasteiger partial charge in [-0.15, -0.1) is 11.8 Å². The molecule has 1 rings (SSSR count). The second-order valence-electron chi connectivity index (χ2n) is 5.72. The minimum Gasteiger partial charge on any atom is -0.481 e. The monoisotopic (exact) mass is 310 g/mol. The minimum absolute atomic E-state index is 0.0897. The van der Waals surface area contributed by atoms with Crippen LogP contribution in [0.1, 0.15) is 32.8 Å². The molecule has 0 aromatic heterocycles. The molecule has 0 radical (unpaired) electrons. The van der Waals surface area contributed by atoms with Crippen LogP contribution in [0.15, 0.2) is 23.1 Å². The molecule has 0 saturated heterocycles. The van der Waals surface area contributed by atoms with Crippen LogP contribution in [0.3, 0.4) is 0 Å². The summed E-state index contributed by atoms with van der Waals surface area (Å²) in [6, 6.07) is 5.47. The van der Waals surface area contributed by atoms with Gasteiger partial charge < -0.3 is 15.7 Å². The zero-order valence-electron chi connectivity index (χ0n) is 12.8. The van der Waals surface area contributed by atoms with Gasteiger partial charge in [-0.1, -0.05) is 20.8 Å². The molecule has 0 fully saturated rings. The Morgan fingerprint density at radius 2 is 1.95 bits per heavy atom. The van der Waals surface area contributed by atoms with Crippen LogP contribution in [0.5, 0.6) is 0 Å². The minimum atomic E-state index is -0.935. The Morgan fingerprint density at radius 1 is 1.29 bits per heavy atom. The van der Waals surface area contributed by atoms with E-state index < -0.39 is 12.0 Å². The Bertz CT molecular complexity index is 524. The summed E-state index contributed by atoms with van der Waals surface area (Å²) in [6.45, 7) is 8.48. The molecular weight excluding hydrogens is 288 g/mol. The summed E-state index contributed by atoms with van der Waals surface area (Å²) in [5.74, 6) is -0.935. The molecule has 0 aliphatic rings. The first kappa shape index (κ1) is 17.4. The molecule has 0 aliphatic carbocycles. The number of thioether (sulfide) groups is 1. The molecule has 2 amide bonds. The molecule has 0 saturated carbocycles. The molecule has 1 aromatic rings. The average molecular weight is 310 g/mol. The van der Waals surface area contributed by atoms with Crippen molar-refractivity contribution in [2.75, 3.05) is 11.9 Å². The summed E-state index contributed by atoms with van der Waals surface area (Å²) in [4.78, 5) is 23.2. The first-order valence-corrected chi connectivity index (χ1v) is 7.55. The summed E-state index contributed by atoms with van der Waals surface area (Å²) < 4.78 is 0.135. The smallest absolute Gasteiger partial charge is 0.319 e. The predicted molar refractivity (Wildman–Crippen MR) is 86.1 cm³/mol. The number of aliphatic carboxylic acids is 1. The molecule has 1 aromatic carbocycles. The number of carboxylic acid groups (broad SMARTS) is 1. The third-order valence-corrected chi connectivity index (χ3v) is 3.60. The number of carbonyl (C=O) groups is 2. The average Bonchev–Trinajstić information content (AvgIpc) is 2.30. The van der Waals surface area contributed by atoms with Crippen molar-refractivity contribution in [3.8, 4) is 0 Å². The van der Waals surface area contributed by atoms with Crippen molar-refractivity contribution in [2.45, 2.75) is 43.8 Å². The van der Waals surface area contributed by atoms with Crippen LogP contribution in [-0.2, 0) is 4.79 Å². The number of aryl methyl sites for hydroxylation is 1. The van der Waals surface area contributed by atoms with Gasteiger partial charge in [0.1, 0.15) is 0 Å². The van der Waals surface area contributed by atoms with Gasteiger partial charge in [-0.05, 0) is 30.7 Å². The van der Waals surface area contributed by atoms with E-state index in [9.17, 15) is 9.59 Å². The molecule has 0 aliphatic heterocycles. The lowest BCUT2D eigenvalue weighted by Gasteiger charge is -2.18. The number of rotatable bonds is 5. The first-order valence-electron chi connectivity index (χ1n) is 6.74. The van der Waals surface area contributed by atoms with E-state index in [0.29, 0.717) is 0 Å². The van der Waals surface area contributed by atoms with E-state index in [1.165, 1.54) is 0 Å². The topological polar surface area (TPSA) is 78.4 Å². The molecule has 21 heavy (non-hydrogen) atoms. The Hall–Kier alpha value is -1.69. The van der Waals surface area contributed by atoms with Crippen LogP contribution in [0.2, 0.25) is 0 Å². The maximum absolute atomic E-state index is 11.6. The Labute approximate surface area is 129 Å². The molecule has 0 heterocycles. The standard InChI is InChI=1S/C15H22N2O3S/c1-10-9-11(21-15(2,3)4)5-6-12(10)17-14(20)16-8-7-13(18)19/h5-6,9H,7-8H2,1-4H3,(H,18,19)(H2,16,17,20). The van der Waals surface area contributed by atoms with Crippen molar-refractivity contribution < 1.29 is 14.7 Å². The molecule has 0 spiro atoms. The molecule has 3 N–H and O–H groups in total. The van der Waals surface area contributed by atoms with E-state index in [0.717, 1.165) is 16.1 Å². The fourth-order valence-corrected chi connectivity index (χ4v) is 2.72. The lowest BCUT2D eigenvalue weighted by atomic mass is 10.2. The highest BCUT2D eigenvalue weighted by molar-refractivity contribution is 8.00. The highest BCUT2D eigenvalue weighted by atomic mass is 32.2. The summed E-state index contributed by atoms with van der Waals surface area (Å²) in [5.41, 5.74) is 1.69. The number of carbonyl (C=O) groups excluding carboxylic acids is 1. The molecule has 0 atom stereocenters. The van der Waals surface area contributed by atoms with E-state index in [-0.39, 0.29) is 17.7 Å². The lowest BCUT2D eigenvalue weighted by molar-refractivity contribution is -0.136. The van der Waals surface area contributed by atoms with Gasteiger partial charge in [-0.3, -0.25) is 4.79 Å². The van der Waals surface area contributed by atoms with E-state index in [1.54, 1.807) is 11.8 Å². The quantitative estimate of drug-likeness (QED) is 0.728. The largest absolute Gasteiger partial charge is 0.481 e. The van der Waals surface area contributed by atoms with Crippen molar-refractivity contribution in [3.05, 3.63) is 23.8 Å². The third-order valence-electron chi connectivity index (χ3n) is 2.49. The maximum atomic E-state index is 11.6. The molecular formula is C15H22N2O3S. The maximum Gasteiger partial charge on any atom is 0.319 e. The number of amides is 2. The van der Waals surface area contributed by atoms with Crippen molar-refractivity contribution in [2.24, 2.45) is 0 Å². The van der Waals surface area contributed by atoms with Crippen molar-refractivity contribution in [1.29, 1.82) is 0 Å². The van der Waals surface area contributed by atoms with Gasteiger partial charge in [0.25, 0.3) is 0 Å². The Balaban J connectivity index is 2.60. The van der Waals surface area contributed by atoms with Gasteiger partial charge in [0.2, 0.25) is 0 Å². The van der Waals surface area contributed by atoms with Crippen molar-refractivity contribution in [3.63, 3.8) is 0 Å². The molecule has 0 bridgehead atoms. The van der Waals surface area contributed by atoms with Crippen LogP contribution in [0.25, 0.3) is 0 Å². The summed E-state index contributed by atoms with van der Waals surface area (Å²) >= 11 is 1.77. The number of hydrogen-bond donors (Lipinski definition) is 3. The first-order chi connectivity index (χ1) is 9.67. The van der Waals surface area contributed by atoms with E-state index in [2.05, 4.69) is 31.4 Å². The molecule has 5 nitrogen and oxygen atoms in total. The van der Waals surface area contributed by atoms with E-state index in [1.807, 2.05) is 25.1 Å². The number of anilines is 1. The van der Waals surface area contributed by atoms with Crippen LogP contribution in [0, 0.1) is 6.92 Å². The highest BCUT2D eigenvalue weighted by Gasteiger charge is 2.13. The summed E-state index contributed by atoms with van der Waals surface area (Å²) in [7, 11) is 0. The van der Waals surface area contributed by atoms with E-state index in [4.69, 9.17) is 5.11 Å². The Kier molecular flexibility index (Phi) is 6.08. The zero-order chi connectivity index (χ0) is 16.0. The predicted octanol–water partition coefficient (Wildman–Crippen LogP) is 3.48. The third kappa shape index (κ3) is 7.04. The lowest BCUT2D eigenvalue weighted by Crippen LogP contribution is -2.30. The number of benzene rings is 1. The number of carboxylic acids is 1. The Morgan fingerprint density at radius 3 is 2.48 bits per heavy atom. The zero-order valence-corrected chi connectivity index (χ0v) is 13.6. The fourth-order valence-electron chi connectivity index (χ4n) is 1.64. The second-order valence-corrected chi connectivity index (χ2v) is 7.62. The SMILES string of the molecule is Cc1cc(SC(C)(C)C)ccc1NC(=O)NCCC(=O)O. The fraction of sp³-hybridized carbons (Fsp3) is 0.467. The summed E-state index contributed by atoms with van der Waals surface area (Å²) in [5, 5.41) is 13.7. The van der Waals surface area contributed by atoms with Gasteiger partial charge in [0.05, 0.1) is 6.42 Å². The number of urea groups is 1. The van der Waals surface area contributed by atoms with Crippen molar-refractivity contribution in [1.82, 2.24) is 5.32 Å². The number of hydrogen-bond acceptors (Lipinski definition) is 3. The van der Waals surface area contributed by atoms with Crippen LogP contribution in [-0.4, -0.2) is 28.4 Å². The van der Waals surface area contributed by atoms with Gasteiger partial charge in [0.15, 0.2) is 0 Å². The van der Waals surface area contributed by atoms with Crippen LogP contribution < -0.4 is 10.6 Å². The van der Waals surface area contributed by atoms with Gasteiger partial charge in [-0.25, -0.2) is 4.79 Å². The highest BCUT2D eigenvalue weighted by Crippen LogP contribution is 2.33. The van der Waals surface area contributed by atoms with Gasteiger partial charge in [-0.2, -0.15) is 0 Å². The molecule has 6 heteroatoms. The number of nitrogens with one attached hydrogen (secondary N) is 2. The van der Waals surface area contributed by atoms with Gasteiger partial charge >= 0.3 is 12.0 Å². The summed E-state index contributed by atoms with van der Waals surface area (Å²) in [6.07, 6.45) is -0.0897. The van der Waals surface area contributed by atoms with Crippen molar-refractivity contribution >= 4 is 29.4 Å². The van der Waals surface area contributed by atoms with Crippen LogP contribution >= 0.6 is 11.8 Å². The molecule has 116 valence electrons. The molecule has 0 unspecified atom stereocenters. The normalized spacial score (nSPS) is 11.0. The van der Waals surface area contributed by atoms with Gasteiger partial charge in [0, 0.05) is 21.9 Å². The van der Waals surface area contributed by atoms with Crippen LogP contribution in [0.4, 0.5) is 10.5 Å².